The molecule has 0 radical (unpaired) electrons. The van der Waals surface area contributed by atoms with Gasteiger partial charge in [0.15, 0.2) is 0 Å². The minimum Gasteiger partial charge on any atom is -0.329 e. The Morgan fingerprint density at radius 3 is 1.00 bits per heavy atom. The van der Waals surface area contributed by atoms with E-state index in [1.807, 2.05) is 0 Å². The first-order chi connectivity index (χ1) is 8.04. The van der Waals surface area contributed by atoms with E-state index in [1.165, 1.54) is 0 Å². The van der Waals surface area contributed by atoms with Gasteiger partial charge < -0.3 is 11.5 Å². The summed E-state index contributed by atoms with van der Waals surface area (Å²) in [6, 6.07) is 0. The second-order valence-corrected chi connectivity index (χ2v) is 6.64. The fraction of sp³-hybridized carbons (Fsp3) is 1.00. The monoisotopic (exact) mass is 344 g/mol. The summed E-state index contributed by atoms with van der Waals surface area (Å²) in [5, 5.41) is 0. The highest BCUT2D eigenvalue weighted by Crippen LogP contribution is 1.82. The predicted octanol–water partition coefficient (Wildman–Crippen LogP) is -1.49. The van der Waals surface area contributed by atoms with Crippen LogP contribution in [0.2, 0.25) is 0 Å². The van der Waals surface area contributed by atoms with E-state index in [2.05, 4.69) is 25.3 Å². The van der Waals surface area contributed by atoms with Crippen LogP contribution in [0.3, 0.4) is 0 Å². The number of hydrogen-bond donors (Lipinski definition) is 6. The van der Waals surface area contributed by atoms with Gasteiger partial charge in [-0.25, -0.2) is 0 Å². The summed E-state index contributed by atoms with van der Waals surface area (Å²) in [7, 11) is -7.50. The van der Waals surface area contributed by atoms with E-state index in [4.69, 9.17) is 20.6 Å². The van der Waals surface area contributed by atoms with E-state index in [1.54, 1.807) is 0 Å². The van der Waals surface area contributed by atoms with E-state index in [0.29, 0.717) is 13.1 Å². The summed E-state index contributed by atoms with van der Waals surface area (Å²) in [5.41, 5.74) is 9.81. The quantitative estimate of drug-likeness (QED) is 0.260. The fourth-order valence-electron chi connectivity index (χ4n) is 0.231. The van der Waals surface area contributed by atoms with Gasteiger partial charge in [-0.3, -0.25) is 9.11 Å². The number of hydrogen-bond acceptors (Lipinski definition) is 8. The standard InChI is InChI=1S/C2H8N2.2C2H6O3S2/c3-1-2-4;2*3-7(4,5)2-1-6/h1-4H2;2*6H,1-2H2,(H,3,4,5). The summed E-state index contributed by atoms with van der Waals surface area (Å²) in [6.45, 7) is 1.19. The van der Waals surface area contributed by atoms with E-state index >= 15 is 0 Å². The van der Waals surface area contributed by atoms with Crippen LogP contribution in [0.25, 0.3) is 0 Å². The Labute approximate surface area is 119 Å². The Morgan fingerprint density at radius 1 is 0.778 bits per heavy atom. The molecule has 0 aliphatic rings. The second-order valence-electron chi connectivity index (χ2n) is 2.60. The Morgan fingerprint density at radius 2 is 1.00 bits per heavy atom. The molecule has 0 spiro atoms. The zero-order chi connectivity index (χ0) is 15.2. The Kier molecular flexibility index (Phi) is 18.1. The zero-order valence-corrected chi connectivity index (χ0v) is 13.1. The molecule has 0 bridgehead atoms. The van der Waals surface area contributed by atoms with Crippen molar-refractivity contribution in [2.75, 3.05) is 36.1 Å². The molecule has 0 saturated heterocycles. The fourth-order valence-corrected chi connectivity index (χ4v) is 2.08. The highest BCUT2D eigenvalue weighted by molar-refractivity contribution is 7.88. The molecule has 0 aliphatic carbocycles. The van der Waals surface area contributed by atoms with Crippen molar-refractivity contribution in [3.63, 3.8) is 0 Å². The molecule has 0 heterocycles. The van der Waals surface area contributed by atoms with Crippen LogP contribution in [0.1, 0.15) is 0 Å². The summed E-state index contributed by atoms with van der Waals surface area (Å²) in [6.07, 6.45) is 0. The Bertz CT molecular complexity index is 318. The molecule has 0 aromatic rings. The molecule has 0 fully saturated rings. The van der Waals surface area contributed by atoms with Crippen LogP contribution >= 0.6 is 25.3 Å². The lowest BCUT2D eigenvalue weighted by molar-refractivity contribution is 0.483. The molecule has 114 valence electrons. The first-order valence-corrected chi connectivity index (χ1v) is 9.04. The van der Waals surface area contributed by atoms with Gasteiger partial charge in [0.1, 0.15) is 0 Å². The minimum atomic E-state index is -3.75. The van der Waals surface area contributed by atoms with Crippen LogP contribution in [0.5, 0.6) is 0 Å². The number of rotatable bonds is 5. The normalized spacial score (nSPS) is 10.8. The van der Waals surface area contributed by atoms with Crippen molar-refractivity contribution >= 4 is 45.5 Å². The van der Waals surface area contributed by atoms with Crippen LogP contribution < -0.4 is 11.5 Å². The van der Waals surface area contributed by atoms with E-state index < -0.39 is 20.2 Å². The minimum absolute atomic E-state index is 0.166. The lowest BCUT2D eigenvalue weighted by atomic mass is 10.7. The lowest BCUT2D eigenvalue weighted by Crippen LogP contribution is -2.11. The molecule has 12 heteroatoms. The van der Waals surface area contributed by atoms with Gasteiger partial charge in [-0.05, 0) is 0 Å². The average Bonchev–Trinajstić information content (AvgIpc) is 2.15. The molecule has 0 aromatic carbocycles. The molecule has 18 heavy (non-hydrogen) atoms. The van der Waals surface area contributed by atoms with E-state index in [9.17, 15) is 16.8 Å². The SMILES string of the molecule is NCCN.O=S(=O)(O)CCS.O=S(=O)(O)CCS. The van der Waals surface area contributed by atoms with Crippen LogP contribution in [-0.4, -0.2) is 62.0 Å². The third kappa shape index (κ3) is 44.0. The van der Waals surface area contributed by atoms with Crippen LogP contribution in [0.4, 0.5) is 0 Å². The molecule has 8 nitrogen and oxygen atoms in total. The maximum Gasteiger partial charge on any atom is 0.265 e. The van der Waals surface area contributed by atoms with Crippen molar-refractivity contribution < 1.29 is 25.9 Å². The molecular formula is C6H20N2O6S4. The van der Waals surface area contributed by atoms with Crippen molar-refractivity contribution in [2.24, 2.45) is 11.5 Å². The summed E-state index contributed by atoms with van der Waals surface area (Å²) in [4.78, 5) is 0. The molecular weight excluding hydrogens is 324 g/mol. The first-order valence-electron chi connectivity index (χ1n) is 4.56. The van der Waals surface area contributed by atoms with Gasteiger partial charge in [0.25, 0.3) is 20.2 Å². The maximum atomic E-state index is 9.74. The Balaban J connectivity index is -0.000000196. The lowest BCUT2D eigenvalue weighted by Gasteiger charge is -1.85. The molecule has 0 saturated carbocycles. The molecule has 0 atom stereocenters. The molecule has 6 N–H and O–H groups in total. The van der Waals surface area contributed by atoms with Crippen molar-refractivity contribution in [1.29, 1.82) is 0 Å². The highest BCUT2D eigenvalue weighted by atomic mass is 32.2. The van der Waals surface area contributed by atoms with Crippen molar-refractivity contribution in [1.82, 2.24) is 0 Å². The van der Waals surface area contributed by atoms with Crippen molar-refractivity contribution in [3.05, 3.63) is 0 Å². The Hall–Kier alpha value is 0.440. The largest absolute Gasteiger partial charge is 0.329 e. The summed E-state index contributed by atoms with van der Waals surface area (Å²) in [5.74, 6) is -0.204. The number of thiol groups is 2. The van der Waals surface area contributed by atoms with Gasteiger partial charge in [0.05, 0.1) is 11.5 Å². The molecule has 0 unspecified atom stereocenters. The summed E-state index contributed by atoms with van der Waals surface area (Å²) < 4.78 is 54.8. The highest BCUT2D eigenvalue weighted by Gasteiger charge is 1.99. The predicted molar refractivity (Wildman–Crippen MR) is 78.6 cm³/mol. The van der Waals surface area contributed by atoms with E-state index in [-0.39, 0.29) is 23.0 Å². The molecule has 0 rings (SSSR count). The smallest absolute Gasteiger partial charge is 0.265 e. The van der Waals surface area contributed by atoms with Gasteiger partial charge in [0.2, 0.25) is 0 Å². The molecule has 0 aliphatic heterocycles. The zero-order valence-electron chi connectivity index (χ0n) is 9.64. The third-order valence-electron chi connectivity index (χ3n) is 0.865. The van der Waals surface area contributed by atoms with Crippen molar-refractivity contribution in [3.8, 4) is 0 Å². The van der Waals surface area contributed by atoms with Gasteiger partial charge in [-0.15, -0.1) is 0 Å². The second kappa shape index (κ2) is 13.9. The van der Waals surface area contributed by atoms with E-state index in [0.717, 1.165) is 0 Å². The van der Waals surface area contributed by atoms with Gasteiger partial charge >= 0.3 is 0 Å². The van der Waals surface area contributed by atoms with Gasteiger partial charge in [-0.2, -0.15) is 42.1 Å². The van der Waals surface area contributed by atoms with Crippen LogP contribution in [-0.2, 0) is 20.2 Å². The number of nitrogens with two attached hydrogens (primary N) is 2. The molecule has 0 amide bonds. The molecule has 0 aromatic heterocycles. The topological polar surface area (TPSA) is 161 Å². The third-order valence-corrected chi connectivity index (χ3v) is 3.36. The van der Waals surface area contributed by atoms with Gasteiger partial charge in [0, 0.05) is 24.6 Å². The van der Waals surface area contributed by atoms with Gasteiger partial charge in [-0.1, -0.05) is 0 Å². The van der Waals surface area contributed by atoms with Crippen LogP contribution in [0.15, 0.2) is 0 Å². The summed E-state index contributed by atoms with van der Waals surface area (Å²) >= 11 is 7.15. The van der Waals surface area contributed by atoms with Crippen LogP contribution in [0, 0.1) is 0 Å². The van der Waals surface area contributed by atoms with Crippen molar-refractivity contribution in [2.45, 2.75) is 0 Å². The maximum absolute atomic E-state index is 9.74. The first kappa shape index (κ1) is 23.5. The average molecular weight is 345 g/mol.